The molecule has 166 valence electrons. The molecule has 2 amide bonds. The third-order valence-corrected chi connectivity index (χ3v) is 6.15. The number of nitrogens with one attached hydrogen (secondary N) is 3. The highest BCUT2D eigenvalue weighted by molar-refractivity contribution is 5.95. The first-order valence-electron chi connectivity index (χ1n) is 10.9. The number of carbonyl (C=O) groups is 2. The largest absolute Gasteiger partial charge is 0.378 e. The van der Waals surface area contributed by atoms with Crippen LogP contribution in [0.1, 0.15) is 53.8 Å². The summed E-state index contributed by atoms with van der Waals surface area (Å²) in [7, 11) is 0. The molecule has 3 aromatic rings. The van der Waals surface area contributed by atoms with Crippen molar-refractivity contribution in [2.75, 3.05) is 5.32 Å². The zero-order valence-corrected chi connectivity index (χ0v) is 18.3. The molecular weight excluding hydrogens is 404 g/mol. The Labute approximate surface area is 187 Å². The molecule has 7 nitrogen and oxygen atoms in total. The minimum absolute atomic E-state index is 0.0533. The second-order valence-corrected chi connectivity index (χ2v) is 8.41. The SMILES string of the molecule is Cc1cc(C(C)Nc2ccc(C(=O)N[C@@H]3CCC[C@@H]3C(=O)NO)cc2)c2ccccc2n1. The Hall–Kier alpha value is -3.45. The van der Waals surface area contributed by atoms with Crippen LogP contribution in [-0.2, 0) is 4.79 Å². The highest BCUT2D eigenvalue weighted by Gasteiger charge is 2.34. The first-order valence-corrected chi connectivity index (χ1v) is 10.9. The lowest BCUT2D eigenvalue weighted by molar-refractivity contribution is -0.133. The maximum absolute atomic E-state index is 12.7. The number of hydrogen-bond donors (Lipinski definition) is 4. The molecule has 1 aliphatic rings. The van der Waals surface area contributed by atoms with Crippen LogP contribution >= 0.6 is 0 Å². The van der Waals surface area contributed by atoms with Crippen molar-refractivity contribution in [3.05, 3.63) is 71.4 Å². The molecule has 1 aliphatic carbocycles. The molecule has 0 aliphatic heterocycles. The second kappa shape index (κ2) is 9.36. The van der Waals surface area contributed by atoms with Gasteiger partial charge in [0.05, 0.1) is 11.4 Å². The molecule has 0 saturated heterocycles. The molecule has 0 bridgehead atoms. The van der Waals surface area contributed by atoms with Crippen LogP contribution in [0.25, 0.3) is 10.9 Å². The molecule has 1 aromatic heterocycles. The van der Waals surface area contributed by atoms with Crippen molar-refractivity contribution >= 4 is 28.4 Å². The van der Waals surface area contributed by atoms with Crippen LogP contribution in [0, 0.1) is 12.8 Å². The summed E-state index contributed by atoms with van der Waals surface area (Å²) in [6, 6.07) is 17.3. The van der Waals surface area contributed by atoms with Gasteiger partial charge in [-0.3, -0.25) is 19.8 Å². The molecule has 1 unspecified atom stereocenters. The van der Waals surface area contributed by atoms with E-state index in [1.807, 2.05) is 37.3 Å². The lowest BCUT2D eigenvalue weighted by Gasteiger charge is -2.20. The monoisotopic (exact) mass is 432 g/mol. The summed E-state index contributed by atoms with van der Waals surface area (Å²) < 4.78 is 0. The Morgan fingerprint density at radius 2 is 1.84 bits per heavy atom. The number of aromatic nitrogens is 1. The zero-order chi connectivity index (χ0) is 22.7. The van der Waals surface area contributed by atoms with Gasteiger partial charge in [-0.2, -0.15) is 0 Å². The fraction of sp³-hybridized carbons (Fsp3) is 0.320. The van der Waals surface area contributed by atoms with Crippen molar-refractivity contribution < 1.29 is 14.8 Å². The van der Waals surface area contributed by atoms with Gasteiger partial charge < -0.3 is 10.6 Å². The van der Waals surface area contributed by atoms with E-state index in [1.165, 1.54) is 5.56 Å². The number of hydrogen-bond acceptors (Lipinski definition) is 5. The third kappa shape index (κ3) is 4.57. The molecule has 0 radical (unpaired) electrons. The predicted molar refractivity (Wildman–Crippen MR) is 123 cm³/mol. The number of fused-ring (bicyclic) bond motifs is 1. The van der Waals surface area contributed by atoms with E-state index in [0.29, 0.717) is 12.0 Å². The van der Waals surface area contributed by atoms with Crippen molar-refractivity contribution in [3.8, 4) is 0 Å². The van der Waals surface area contributed by atoms with E-state index in [9.17, 15) is 9.59 Å². The van der Waals surface area contributed by atoms with Crippen LogP contribution in [0.15, 0.2) is 54.6 Å². The quantitative estimate of drug-likeness (QED) is 0.347. The van der Waals surface area contributed by atoms with Crippen LogP contribution in [0.5, 0.6) is 0 Å². The molecular formula is C25H28N4O3. The maximum atomic E-state index is 12.7. The molecule has 4 N–H and O–H groups in total. The first kappa shape index (κ1) is 21.8. The Morgan fingerprint density at radius 3 is 2.59 bits per heavy atom. The van der Waals surface area contributed by atoms with Crippen LogP contribution in [0.3, 0.4) is 0 Å². The van der Waals surface area contributed by atoms with Gasteiger partial charge in [-0.1, -0.05) is 24.6 Å². The van der Waals surface area contributed by atoms with E-state index in [1.54, 1.807) is 17.6 Å². The molecule has 0 spiro atoms. The average molecular weight is 433 g/mol. The van der Waals surface area contributed by atoms with Gasteiger partial charge in [0.2, 0.25) is 5.91 Å². The molecule has 1 heterocycles. The van der Waals surface area contributed by atoms with Gasteiger partial charge in [0.1, 0.15) is 0 Å². The van der Waals surface area contributed by atoms with Gasteiger partial charge in [-0.05, 0) is 68.7 Å². The lowest BCUT2D eigenvalue weighted by atomic mass is 10.0. The first-order chi connectivity index (χ1) is 15.5. The van der Waals surface area contributed by atoms with Gasteiger partial charge in [-0.15, -0.1) is 0 Å². The maximum Gasteiger partial charge on any atom is 0.251 e. The number of pyridine rings is 1. The lowest BCUT2D eigenvalue weighted by Crippen LogP contribution is -2.43. The number of hydroxylamine groups is 1. The van der Waals surface area contributed by atoms with E-state index < -0.39 is 11.8 Å². The summed E-state index contributed by atoms with van der Waals surface area (Å²) in [6.07, 6.45) is 2.22. The molecule has 1 fully saturated rings. The number of benzene rings is 2. The van der Waals surface area contributed by atoms with E-state index in [-0.39, 0.29) is 18.0 Å². The highest BCUT2D eigenvalue weighted by Crippen LogP contribution is 2.28. The number of aryl methyl sites for hydroxylation is 1. The van der Waals surface area contributed by atoms with Gasteiger partial charge in [0.15, 0.2) is 0 Å². The number of carbonyl (C=O) groups excluding carboxylic acids is 2. The second-order valence-electron chi connectivity index (χ2n) is 8.41. The molecule has 7 heteroatoms. The number of nitrogens with zero attached hydrogens (tertiary/aromatic N) is 1. The third-order valence-electron chi connectivity index (χ3n) is 6.15. The molecule has 3 atom stereocenters. The van der Waals surface area contributed by atoms with Crippen LogP contribution in [-0.4, -0.2) is 28.0 Å². The minimum atomic E-state index is -0.444. The van der Waals surface area contributed by atoms with Gasteiger partial charge >= 0.3 is 0 Å². The van der Waals surface area contributed by atoms with E-state index in [4.69, 9.17) is 5.21 Å². The summed E-state index contributed by atoms with van der Waals surface area (Å²) in [4.78, 5) is 29.1. The molecule has 32 heavy (non-hydrogen) atoms. The van der Waals surface area contributed by atoms with Crippen molar-refractivity contribution in [1.29, 1.82) is 0 Å². The number of para-hydroxylation sites is 1. The fourth-order valence-corrected chi connectivity index (χ4v) is 4.53. The standard InChI is InChI=1S/C25H28N4O3/c1-15-14-21(19-6-3-4-8-22(19)26-15)16(2)27-18-12-10-17(11-13-18)24(30)28-23-9-5-7-20(23)25(31)29-32/h3-4,6,8,10-14,16,20,23,27,32H,5,7,9H2,1-2H3,(H,28,30)(H,29,31)/t16?,20-,23+/m0/s1. The summed E-state index contributed by atoms with van der Waals surface area (Å²) in [5.41, 5.74) is 6.26. The number of anilines is 1. The van der Waals surface area contributed by atoms with Gasteiger partial charge in [0, 0.05) is 34.4 Å². The van der Waals surface area contributed by atoms with Crippen molar-refractivity contribution in [2.24, 2.45) is 5.92 Å². The average Bonchev–Trinajstić information content (AvgIpc) is 3.26. The van der Waals surface area contributed by atoms with Crippen molar-refractivity contribution in [2.45, 2.75) is 45.2 Å². The minimum Gasteiger partial charge on any atom is -0.378 e. The Bertz CT molecular complexity index is 1130. The summed E-state index contributed by atoms with van der Waals surface area (Å²) in [5.74, 6) is -1.06. The summed E-state index contributed by atoms with van der Waals surface area (Å²) in [6.45, 7) is 4.10. The predicted octanol–water partition coefficient (Wildman–Crippen LogP) is 4.12. The van der Waals surface area contributed by atoms with Crippen LogP contribution in [0.4, 0.5) is 5.69 Å². The normalized spacial score (nSPS) is 18.8. The van der Waals surface area contributed by atoms with E-state index in [0.717, 1.165) is 35.1 Å². The molecule has 1 saturated carbocycles. The Morgan fingerprint density at radius 1 is 1.09 bits per heavy atom. The van der Waals surface area contributed by atoms with Gasteiger partial charge in [0.25, 0.3) is 5.91 Å². The van der Waals surface area contributed by atoms with E-state index in [2.05, 4.69) is 34.7 Å². The zero-order valence-electron chi connectivity index (χ0n) is 18.3. The highest BCUT2D eigenvalue weighted by atomic mass is 16.5. The molecule has 4 rings (SSSR count). The topological polar surface area (TPSA) is 103 Å². The van der Waals surface area contributed by atoms with Crippen molar-refractivity contribution in [3.63, 3.8) is 0 Å². The number of amides is 2. The fourth-order valence-electron chi connectivity index (χ4n) is 4.53. The van der Waals surface area contributed by atoms with Gasteiger partial charge in [-0.25, -0.2) is 5.48 Å². The smallest absolute Gasteiger partial charge is 0.251 e. The molecule has 2 aromatic carbocycles. The summed E-state index contributed by atoms with van der Waals surface area (Å²) in [5, 5.41) is 16.5. The van der Waals surface area contributed by atoms with Crippen LogP contribution in [0.2, 0.25) is 0 Å². The van der Waals surface area contributed by atoms with Crippen molar-refractivity contribution in [1.82, 2.24) is 15.8 Å². The number of rotatable bonds is 6. The van der Waals surface area contributed by atoms with E-state index >= 15 is 0 Å². The van der Waals surface area contributed by atoms with Crippen LogP contribution < -0.4 is 16.1 Å². The summed E-state index contributed by atoms with van der Waals surface area (Å²) >= 11 is 0. The Balaban J connectivity index is 1.44. The Kier molecular flexibility index (Phi) is 6.37.